The molecule has 30 heavy (non-hydrogen) atoms. The van der Waals surface area contributed by atoms with Crippen LogP contribution in [0.5, 0.6) is 0 Å². The van der Waals surface area contributed by atoms with Crippen molar-refractivity contribution >= 4 is 29.0 Å². The molecule has 2 aromatic carbocycles. The summed E-state index contributed by atoms with van der Waals surface area (Å²) in [5.41, 5.74) is 2.43. The molecule has 0 spiro atoms. The van der Waals surface area contributed by atoms with Crippen LogP contribution in [0, 0.1) is 17.0 Å². The molecule has 0 unspecified atom stereocenters. The number of carbonyl (C=O) groups excluding carboxylic acids is 3. The van der Waals surface area contributed by atoms with Gasteiger partial charge < -0.3 is 10.1 Å². The number of nitrogens with zero attached hydrogens (tertiary/aromatic N) is 1. The lowest BCUT2D eigenvalue weighted by Gasteiger charge is -2.09. The highest BCUT2D eigenvalue weighted by atomic mass is 16.6. The van der Waals surface area contributed by atoms with Crippen LogP contribution < -0.4 is 5.32 Å². The van der Waals surface area contributed by atoms with E-state index < -0.39 is 23.4 Å². The lowest BCUT2D eigenvalue weighted by atomic mass is 10.0. The monoisotopic (exact) mass is 412 g/mol. The van der Waals surface area contributed by atoms with Gasteiger partial charge in [-0.2, -0.15) is 0 Å². The number of hydrogen-bond acceptors (Lipinski definition) is 6. The standard InChI is InChI=1S/C22H24N2O6/c1-3-4-16-6-8-17(9-7-16)20(25)11-12-22(27)30-14-21(26)23-19-13-18(24(28)29)10-5-15(19)2/h5-10,13H,3-4,11-12,14H2,1-2H3,(H,23,26). The number of nitrogens with one attached hydrogen (secondary N) is 1. The molecule has 2 aromatic rings. The van der Waals surface area contributed by atoms with E-state index in [1.165, 1.54) is 18.2 Å². The first-order chi connectivity index (χ1) is 14.3. The Morgan fingerprint density at radius 3 is 2.40 bits per heavy atom. The summed E-state index contributed by atoms with van der Waals surface area (Å²) in [6.45, 7) is 3.22. The van der Waals surface area contributed by atoms with Crippen LogP contribution in [0.4, 0.5) is 11.4 Å². The molecule has 1 N–H and O–H groups in total. The highest BCUT2D eigenvalue weighted by Crippen LogP contribution is 2.21. The zero-order valence-electron chi connectivity index (χ0n) is 17.0. The molecule has 0 radical (unpaired) electrons. The molecule has 0 saturated carbocycles. The van der Waals surface area contributed by atoms with E-state index in [-0.39, 0.29) is 30.0 Å². The van der Waals surface area contributed by atoms with E-state index in [0.717, 1.165) is 18.4 Å². The third kappa shape index (κ3) is 6.80. The first-order valence-electron chi connectivity index (χ1n) is 9.62. The Morgan fingerprint density at radius 2 is 1.77 bits per heavy atom. The molecule has 0 aliphatic heterocycles. The van der Waals surface area contributed by atoms with Gasteiger partial charge in [0.25, 0.3) is 11.6 Å². The molecule has 0 aliphatic rings. The number of nitro groups is 1. The Balaban J connectivity index is 1.79. The number of aryl methyl sites for hydroxylation is 2. The Morgan fingerprint density at radius 1 is 1.07 bits per heavy atom. The molecule has 8 heteroatoms. The smallest absolute Gasteiger partial charge is 0.306 e. The number of Topliss-reactive ketones (excluding diaryl/α,β-unsaturated/α-hetero) is 1. The van der Waals surface area contributed by atoms with Crippen LogP contribution in [-0.2, 0) is 20.7 Å². The van der Waals surface area contributed by atoms with Gasteiger partial charge in [-0.1, -0.05) is 43.7 Å². The van der Waals surface area contributed by atoms with Crippen LogP contribution >= 0.6 is 0 Å². The summed E-state index contributed by atoms with van der Waals surface area (Å²) >= 11 is 0. The largest absolute Gasteiger partial charge is 0.456 e. The van der Waals surface area contributed by atoms with Gasteiger partial charge in [0.2, 0.25) is 0 Å². The van der Waals surface area contributed by atoms with Gasteiger partial charge in [0.15, 0.2) is 12.4 Å². The number of carbonyl (C=O) groups is 3. The van der Waals surface area contributed by atoms with E-state index in [1.54, 1.807) is 19.1 Å². The molecule has 0 atom stereocenters. The van der Waals surface area contributed by atoms with Crippen LogP contribution in [-0.4, -0.2) is 29.2 Å². The van der Waals surface area contributed by atoms with Gasteiger partial charge in [-0.15, -0.1) is 0 Å². The van der Waals surface area contributed by atoms with Crippen LogP contribution in [0.1, 0.15) is 47.7 Å². The number of nitro benzene ring substituents is 1. The van der Waals surface area contributed by atoms with Crippen molar-refractivity contribution in [2.24, 2.45) is 0 Å². The first kappa shape index (κ1) is 22.7. The SMILES string of the molecule is CCCc1ccc(C(=O)CCC(=O)OCC(=O)Nc2cc([N+](=O)[O-])ccc2C)cc1. The Hall–Kier alpha value is -3.55. The number of esters is 1. The molecule has 2 rings (SSSR count). The molecular formula is C22H24N2O6. The van der Waals surface area contributed by atoms with Crippen molar-refractivity contribution in [3.8, 4) is 0 Å². The van der Waals surface area contributed by atoms with Crippen molar-refractivity contribution in [2.45, 2.75) is 39.5 Å². The quantitative estimate of drug-likeness (QED) is 0.273. The van der Waals surface area contributed by atoms with Crippen molar-refractivity contribution in [1.29, 1.82) is 0 Å². The molecular weight excluding hydrogens is 388 g/mol. The number of anilines is 1. The summed E-state index contributed by atoms with van der Waals surface area (Å²) in [6.07, 6.45) is 1.81. The Kier molecular flexibility index (Phi) is 8.22. The van der Waals surface area contributed by atoms with Gasteiger partial charge >= 0.3 is 5.97 Å². The second-order valence-corrected chi connectivity index (χ2v) is 6.84. The average Bonchev–Trinajstić information content (AvgIpc) is 2.72. The molecule has 0 heterocycles. The Labute approximate surface area is 174 Å². The topological polar surface area (TPSA) is 116 Å². The molecule has 158 valence electrons. The highest BCUT2D eigenvalue weighted by molar-refractivity contribution is 5.98. The lowest BCUT2D eigenvalue weighted by Crippen LogP contribution is -2.21. The lowest BCUT2D eigenvalue weighted by molar-refractivity contribution is -0.384. The van der Waals surface area contributed by atoms with E-state index in [4.69, 9.17) is 4.74 Å². The van der Waals surface area contributed by atoms with Crippen molar-refractivity contribution in [2.75, 3.05) is 11.9 Å². The molecule has 0 fully saturated rings. The molecule has 0 saturated heterocycles. The van der Waals surface area contributed by atoms with E-state index in [1.807, 2.05) is 12.1 Å². The van der Waals surface area contributed by atoms with Crippen molar-refractivity contribution in [3.63, 3.8) is 0 Å². The summed E-state index contributed by atoms with van der Waals surface area (Å²) in [4.78, 5) is 46.3. The summed E-state index contributed by atoms with van der Waals surface area (Å²) in [5, 5.41) is 13.3. The second kappa shape index (κ2) is 10.8. The first-order valence-corrected chi connectivity index (χ1v) is 9.62. The zero-order chi connectivity index (χ0) is 22.1. The molecule has 8 nitrogen and oxygen atoms in total. The van der Waals surface area contributed by atoms with Gasteiger partial charge in [0, 0.05) is 24.1 Å². The normalized spacial score (nSPS) is 10.3. The number of non-ortho nitro benzene ring substituents is 1. The van der Waals surface area contributed by atoms with Crippen LogP contribution in [0.25, 0.3) is 0 Å². The predicted molar refractivity (Wildman–Crippen MR) is 111 cm³/mol. The minimum atomic E-state index is -0.670. The minimum Gasteiger partial charge on any atom is -0.456 e. The van der Waals surface area contributed by atoms with Gasteiger partial charge in [0.1, 0.15) is 0 Å². The predicted octanol–water partition coefficient (Wildman–Crippen LogP) is 4.00. The third-order valence-electron chi connectivity index (χ3n) is 4.44. The number of amides is 1. The maximum absolute atomic E-state index is 12.2. The van der Waals surface area contributed by atoms with Crippen molar-refractivity contribution < 1.29 is 24.0 Å². The maximum atomic E-state index is 12.2. The fraction of sp³-hybridized carbons (Fsp3) is 0.318. The number of rotatable bonds is 10. The summed E-state index contributed by atoms with van der Waals surface area (Å²) in [7, 11) is 0. The summed E-state index contributed by atoms with van der Waals surface area (Å²) in [5.74, 6) is -1.46. The minimum absolute atomic E-state index is 0.0163. The van der Waals surface area contributed by atoms with Crippen LogP contribution in [0.15, 0.2) is 42.5 Å². The third-order valence-corrected chi connectivity index (χ3v) is 4.44. The van der Waals surface area contributed by atoms with E-state index in [0.29, 0.717) is 11.1 Å². The zero-order valence-corrected chi connectivity index (χ0v) is 17.0. The molecule has 0 aliphatic carbocycles. The van der Waals surface area contributed by atoms with Gasteiger partial charge in [0.05, 0.1) is 17.0 Å². The Bertz CT molecular complexity index is 937. The summed E-state index contributed by atoms with van der Waals surface area (Å²) in [6, 6.07) is 11.4. The van der Waals surface area contributed by atoms with Crippen molar-refractivity contribution in [1.82, 2.24) is 0 Å². The average molecular weight is 412 g/mol. The van der Waals surface area contributed by atoms with Gasteiger partial charge in [-0.05, 0) is 24.5 Å². The van der Waals surface area contributed by atoms with E-state index in [2.05, 4.69) is 12.2 Å². The van der Waals surface area contributed by atoms with Gasteiger partial charge in [-0.25, -0.2) is 0 Å². The van der Waals surface area contributed by atoms with E-state index in [9.17, 15) is 24.5 Å². The second-order valence-electron chi connectivity index (χ2n) is 6.84. The van der Waals surface area contributed by atoms with Crippen LogP contribution in [0.3, 0.4) is 0 Å². The van der Waals surface area contributed by atoms with E-state index >= 15 is 0 Å². The highest BCUT2D eigenvalue weighted by Gasteiger charge is 2.14. The number of ketones is 1. The number of ether oxygens (including phenoxy) is 1. The molecule has 0 bridgehead atoms. The number of benzene rings is 2. The molecule has 0 aromatic heterocycles. The number of hydrogen-bond donors (Lipinski definition) is 1. The van der Waals surface area contributed by atoms with Crippen molar-refractivity contribution in [3.05, 3.63) is 69.3 Å². The van der Waals surface area contributed by atoms with Gasteiger partial charge in [-0.3, -0.25) is 24.5 Å². The molecule has 1 amide bonds. The van der Waals surface area contributed by atoms with Crippen LogP contribution in [0.2, 0.25) is 0 Å². The fourth-order valence-electron chi connectivity index (χ4n) is 2.77. The fourth-order valence-corrected chi connectivity index (χ4v) is 2.77. The maximum Gasteiger partial charge on any atom is 0.306 e. The summed E-state index contributed by atoms with van der Waals surface area (Å²) < 4.78 is 4.89.